The summed E-state index contributed by atoms with van der Waals surface area (Å²) in [6, 6.07) is 1.78. The molecule has 3 nitrogen and oxygen atoms in total. The Kier molecular flexibility index (Phi) is 6.25. The van der Waals surface area contributed by atoms with E-state index in [9.17, 15) is 4.39 Å². The van der Waals surface area contributed by atoms with Crippen LogP contribution in [0.4, 0.5) is 10.2 Å². The van der Waals surface area contributed by atoms with Gasteiger partial charge in [0.25, 0.3) is 0 Å². The zero-order valence-electron chi connectivity index (χ0n) is 12.5. The number of hydrogen-bond donors (Lipinski definition) is 1. The Morgan fingerprint density at radius 1 is 1.20 bits per heavy atom. The lowest BCUT2D eigenvalue weighted by molar-refractivity contribution is 0.533. The molecule has 112 valence electrons. The highest BCUT2D eigenvalue weighted by molar-refractivity contribution is 5.43. The average molecular weight is 279 g/mol. The fourth-order valence-corrected chi connectivity index (χ4v) is 2.69. The third-order valence-corrected chi connectivity index (χ3v) is 3.85. The summed E-state index contributed by atoms with van der Waals surface area (Å²) in [5.41, 5.74) is 0.727. The van der Waals surface area contributed by atoms with Crippen LogP contribution in [-0.4, -0.2) is 24.6 Å². The van der Waals surface area contributed by atoms with Gasteiger partial charge in [-0.25, -0.2) is 9.37 Å². The van der Waals surface area contributed by atoms with Gasteiger partial charge in [0.1, 0.15) is 0 Å². The van der Waals surface area contributed by atoms with E-state index in [2.05, 4.69) is 22.1 Å². The molecule has 0 bridgehead atoms. The highest BCUT2D eigenvalue weighted by atomic mass is 19.1. The molecule has 2 rings (SSSR count). The molecule has 0 spiro atoms. The molecular formula is C16H26FN3. The molecule has 1 aliphatic heterocycles. The SMILES string of the molecule is CCCNCc1ccnc(N2CCCCCCC2)c1F. The number of pyridine rings is 1. The van der Waals surface area contributed by atoms with Crippen LogP contribution in [0.1, 0.15) is 51.0 Å². The van der Waals surface area contributed by atoms with Gasteiger partial charge in [-0.2, -0.15) is 0 Å². The summed E-state index contributed by atoms with van der Waals surface area (Å²) >= 11 is 0. The minimum absolute atomic E-state index is 0.142. The van der Waals surface area contributed by atoms with E-state index in [0.717, 1.165) is 44.5 Å². The second kappa shape index (κ2) is 8.20. The Balaban J connectivity index is 2.07. The Bertz CT molecular complexity index is 401. The standard InChI is InChI=1S/C16H26FN3/c1-2-9-18-13-14-8-10-19-16(15(14)17)20-11-6-4-3-5-7-12-20/h8,10,18H,2-7,9,11-13H2,1H3. The van der Waals surface area contributed by atoms with Gasteiger partial charge in [-0.1, -0.05) is 26.2 Å². The van der Waals surface area contributed by atoms with E-state index in [1.807, 2.05) is 0 Å². The molecule has 1 N–H and O–H groups in total. The Labute approximate surface area is 121 Å². The van der Waals surface area contributed by atoms with Gasteiger partial charge in [0, 0.05) is 31.4 Å². The molecule has 0 radical (unpaired) electrons. The number of hydrogen-bond acceptors (Lipinski definition) is 3. The first-order chi connectivity index (χ1) is 9.83. The van der Waals surface area contributed by atoms with E-state index in [0.29, 0.717) is 12.4 Å². The maximum absolute atomic E-state index is 14.6. The summed E-state index contributed by atoms with van der Waals surface area (Å²) in [6.07, 6.45) is 8.88. The van der Waals surface area contributed by atoms with Crippen molar-refractivity contribution in [1.82, 2.24) is 10.3 Å². The van der Waals surface area contributed by atoms with Crippen molar-refractivity contribution in [3.63, 3.8) is 0 Å². The first-order valence-electron chi connectivity index (χ1n) is 7.92. The molecule has 1 aromatic heterocycles. The zero-order chi connectivity index (χ0) is 14.2. The van der Waals surface area contributed by atoms with E-state index >= 15 is 0 Å². The molecule has 0 aliphatic carbocycles. The van der Waals surface area contributed by atoms with Crippen molar-refractivity contribution in [2.45, 2.75) is 52.0 Å². The molecule has 1 saturated heterocycles. The van der Waals surface area contributed by atoms with Crippen molar-refractivity contribution in [1.29, 1.82) is 0 Å². The summed E-state index contributed by atoms with van der Waals surface area (Å²) in [6.45, 7) is 5.47. The first-order valence-corrected chi connectivity index (χ1v) is 7.92. The molecule has 1 fully saturated rings. The average Bonchev–Trinajstić information content (AvgIpc) is 2.41. The van der Waals surface area contributed by atoms with Gasteiger partial charge in [-0.3, -0.25) is 0 Å². The predicted molar refractivity (Wildman–Crippen MR) is 81.5 cm³/mol. The third-order valence-electron chi connectivity index (χ3n) is 3.85. The van der Waals surface area contributed by atoms with Crippen molar-refractivity contribution in [2.24, 2.45) is 0 Å². The van der Waals surface area contributed by atoms with E-state index in [-0.39, 0.29) is 5.82 Å². The van der Waals surface area contributed by atoms with Crippen LogP contribution in [0.2, 0.25) is 0 Å². The third kappa shape index (κ3) is 4.17. The van der Waals surface area contributed by atoms with E-state index in [1.165, 1.54) is 19.3 Å². The van der Waals surface area contributed by atoms with E-state index in [4.69, 9.17) is 0 Å². The lowest BCUT2D eigenvalue weighted by Crippen LogP contribution is -2.29. The molecule has 0 amide bonds. The van der Waals surface area contributed by atoms with Crippen LogP contribution in [0, 0.1) is 5.82 Å². The van der Waals surface area contributed by atoms with Crippen molar-refractivity contribution in [3.8, 4) is 0 Å². The molecule has 20 heavy (non-hydrogen) atoms. The van der Waals surface area contributed by atoms with Crippen molar-refractivity contribution in [2.75, 3.05) is 24.5 Å². The van der Waals surface area contributed by atoms with E-state index in [1.54, 1.807) is 12.3 Å². The van der Waals surface area contributed by atoms with Crippen LogP contribution in [0.25, 0.3) is 0 Å². The van der Waals surface area contributed by atoms with Crippen LogP contribution < -0.4 is 10.2 Å². The number of anilines is 1. The van der Waals surface area contributed by atoms with Crippen LogP contribution in [-0.2, 0) is 6.54 Å². The zero-order valence-corrected chi connectivity index (χ0v) is 12.5. The Morgan fingerprint density at radius 2 is 1.90 bits per heavy atom. The van der Waals surface area contributed by atoms with Gasteiger partial charge in [-0.05, 0) is 31.9 Å². The van der Waals surface area contributed by atoms with Crippen LogP contribution >= 0.6 is 0 Å². The molecular weight excluding hydrogens is 253 g/mol. The number of halogens is 1. The van der Waals surface area contributed by atoms with Gasteiger partial charge in [0.05, 0.1) is 0 Å². The van der Waals surface area contributed by atoms with Gasteiger partial charge < -0.3 is 10.2 Å². The molecule has 1 aromatic rings. The monoisotopic (exact) mass is 279 g/mol. The number of aromatic nitrogens is 1. The lowest BCUT2D eigenvalue weighted by atomic mass is 10.1. The van der Waals surface area contributed by atoms with E-state index < -0.39 is 0 Å². The highest BCUT2D eigenvalue weighted by Crippen LogP contribution is 2.22. The molecule has 0 atom stereocenters. The summed E-state index contributed by atoms with van der Waals surface area (Å²) in [5.74, 6) is 0.402. The predicted octanol–water partition coefficient (Wildman–Crippen LogP) is 3.49. The summed E-state index contributed by atoms with van der Waals surface area (Å²) < 4.78 is 14.6. The van der Waals surface area contributed by atoms with Gasteiger partial charge >= 0.3 is 0 Å². The maximum atomic E-state index is 14.6. The lowest BCUT2D eigenvalue weighted by Gasteiger charge is -2.26. The number of nitrogens with zero attached hydrogens (tertiary/aromatic N) is 2. The molecule has 4 heteroatoms. The summed E-state index contributed by atoms with van der Waals surface area (Å²) in [7, 11) is 0. The van der Waals surface area contributed by atoms with Crippen LogP contribution in [0.5, 0.6) is 0 Å². The van der Waals surface area contributed by atoms with Gasteiger partial charge in [-0.15, -0.1) is 0 Å². The van der Waals surface area contributed by atoms with Crippen molar-refractivity contribution < 1.29 is 4.39 Å². The smallest absolute Gasteiger partial charge is 0.170 e. The molecule has 2 heterocycles. The minimum atomic E-state index is -0.142. The van der Waals surface area contributed by atoms with Crippen molar-refractivity contribution in [3.05, 3.63) is 23.6 Å². The second-order valence-corrected chi connectivity index (χ2v) is 5.54. The molecule has 0 saturated carbocycles. The Hall–Kier alpha value is -1.16. The summed E-state index contributed by atoms with van der Waals surface area (Å²) in [4.78, 5) is 6.41. The normalized spacial score (nSPS) is 16.8. The Morgan fingerprint density at radius 3 is 2.60 bits per heavy atom. The molecule has 0 aromatic carbocycles. The molecule has 1 aliphatic rings. The minimum Gasteiger partial charge on any atom is -0.354 e. The summed E-state index contributed by atoms with van der Waals surface area (Å²) in [5, 5.41) is 3.26. The fourth-order valence-electron chi connectivity index (χ4n) is 2.69. The van der Waals surface area contributed by atoms with Crippen LogP contribution in [0.3, 0.4) is 0 Å². The largest absolute Gasteiger partial charge is 0.354 e. The number of rotatable bonds is 5. The highest BCUT2D eigenvalue weighted by Gasteiger charge is 2.16. The quantitative estimate of drug-likeness (QED) is 0.836. The van der Waals surface area contributed by atoms with Gasteiger partial charge in [0.2, 0.25) is 0 Å². The first kappa shape index (κ1) is 15.2. The molecule has 0 unspecified atom stereocenters. The van der Waals surface area contributed by atoms with Crippen molar-refractivity contribution >= 4 is 5.82 Å². The topological polar surface area (TPSA) is 28.2 Å². The van der Waals surface area contributed by atoms with Crippen LogP contribution in [0.15, 0.2) is 12.3 Å². The second-order valence-electron chi connectivity index (χ2n) is 5.54. The van der Waals surface area contributed by atoms with Gasteiger partial charge in [0.15, 0.2) is 11.6 Å². The maximum Gasteiger partial charge on any atom is 0.170 e. The number of nitrogens with one attached hydrogen (secondary N) is 1. The fraction of sp³-hybridized carbons (Fsp3) is 0.688.